The topological polar surface area (TPSA) is 109 Å². The highest BCUT2D eigenvalue weighted by molar-refractivity contribution is 7.09. The van der Waals surface area contributed by atoms with Gasteiger partial charge in [0.1, 0.15) is 12.1 Å². The van der Waals surface area contributed by atoms with Gasteiger partial charge < -0.3 is 20.9 Å². The molecule has 0 aliphatic rings. The molecule has 47 heavy (non-hydrogen) atoms. The quantitative estimate of drug-likeness (QED) is 0.177. The fourth-order valence-corrected chi connectivity index (χ4v) is 6.43. The van der Waals surface area contributed by atoms with Crippen LogP contribution in [-0.4, -0.2) is 65.2 Å². The number of thiophene rings is 1. The van der Waals surface area contributed by atoms with E-state index in [2.05, 4.69) is 16.4 Å². The van der Waals surface area contributed by atoms with Crippen LogP contribution in [0.5, 0.6) is 0 Å². The second kappa shape index (κ2) is 15.6. The van der Waals surface area contributed by atoms with Gasteiger partial charge in [-0.25, -0.2) is 0 Å². The smallest absolute Gasteiger partial charge is 0.254 e. The Morgan fingerprint density at radius 1 is 0.809 bits per heavy atom. The number of carbonyl (C=O) groups excluding carboxylic acids is 3. The number of hydrogen-bond donors (Lipinski definition) is 2. The van der Waals surface area contributed by atoms with E-state index < -0.39 is 12.1 Å². The number of fused-ring (bicyclic) bond motifs is 1. The Balaban J connectivity index is 1.44. The van der Waals surface area contributed by atoms with Crippen molar-refractivity contribution in [1.29, 1.82) is 0 Å². The average molecular weight is 648 g/mol. The highest BCUT2D eigenvalue weighted by atomic mass is 32.1. The SMILES string of the molecule is CC(N)c1cccc(C(=O)N(C)C(Cc2ccc3ccccc3c2)C(=O)N(C)C(Cc2cccs2)C(=O)NCCc2ccncc2)c1. The Morgan fingerprint density at radius 3 is 2.30 bits per heavy atom. The monoisotopic (exact) mass is 647 g/mol. The maximum absolute atomic E-state index is 14.6. The minimum Gasteiger partial charge on any atom is -0.354 e. The molecular formula is C38H41N5O3S. The highest BCUT2D eigenvalue weighted by Gasteiger charge is 2.35. The largest absolute Gasteiger partial charge is 0.354 e. The number of benzene rings is 3. The summed E-state index contributed by atoms with van der Waals surface area (Å²) in [6.45, 7) is 2.28. The molecule has 3 unspecified atom stereocenters. The van der Waals surface area contributed by atoms with Gasteiger partial charge in [-0.2, -0.15) is 0 Å². The number of aromatic nitrogens is 1. The summed E-state index contributed by atoms with van der Waals surface area (Å²) in [6.07, 6.45) is 4.73. The van der Waals surface area contributed by atoms with Crippen LogP contribution in [0.4, 0.5) is 0 Å². The predicted octanol–water partition coefficient (Wildman–Crippen LogP) is 5.43. The van der Waals surface area contributed by atoms with E-state index in [9.17, 15) is 14.4 Å². The zero-order chi connectivity index (χ0) is 33.3. The van der Waals surface area contributed by atoms with Crippen LogP contribution in [0.3, 0.4) is 0 Å². The van der Waals surface area contributed by atoms with Crippen LogP contribution >= 0.6 is 11.3 Å². The van der Waals surface area contributed by atoms with Gasteiger partial charge in [0, 0.05) is 62.4 Å². The van der Waals surface area contributed by atoms with Crippen molar-refractivity contribution >= 4 is 39.8 Å². The molecule has 2 aromatic heterocycles. The Morgan fingerprint density at radius 2 is 1.57 bits per heavy atom. The van der Waals surface area contributed by atoms with Crippen LogP contribution in [0.2, 0.25) is 0 Å². The van der Waals surface area contributed by atoms with E-state index in [1.165, 1.54) is 9.80 Å². The standard InChI is InChI=1S/C38H41N5O3S/c1-26(39)30-10-6-11-32(24-30)37(45)43(3)35(23-28-13-14-29-8-4-5-9-31(29)22-28)38(46)42(2)34(25-33-12-7-21-47-33)36(44)41-20-17-27-15-18-40-19-16-27/h4-16,18-19,21-22,24,26,34-35H,17,20,23,25,39H2,1-3H3,(H,41,44). The minimum absolute atomic E-state index is 0.244. The second-order valence-corrected chi connectivity index (χ2v) is 12.9. The van der Waals surface area contributed by atoms with E-state index in [0.717, 1.165) is 32.3 Å². The Hall–Kier alpha value is -4.86. The number of amides is 3. The van der Waals surface area contributed by atoms with E-state index in [4.69, 9.17) is 5.73 Å². The second-order valence-electron chi connectivity index (χ2n) is 11.9. The number of carbonyl (C=O) groups is 3. The van der Waals surface area contributed by atoms with Gasteiger partial charge in [0.2, 0.25) is 11.8 Å². The predicted molar refractivity (Wildman–Crippen MR) is 188 cm³/mol. The molecule has 0 bridgehead atoms. The van der Waals surface area contributed by atoms with Crippen molar-refractivity contribution in [3.8, 4) is 0 Å². The number of pyridine rings is 1. The van der Waals surface area contributed by atoms with Gasteiger partial charge in [0.15, 0.2) is 0 Å². The zero-order valence-corrected chi connectivity index (χ0v) is 27.8. The molecule has 242 valence electrons. The summed E-state index contributed by atoms with van der Waals surface area (Å²) in [6, 6.07) is 27.2. The molecule has 3 N–H and O–H groups in total. The Kier molecular flexibility index (Phi) is 11.1. The molecule has 8 nitrogen and oxygen atoms in total. The van der Waals surface area contributed by atoms with E-state index in [-0.39, 0.29) is 30.2 Å². The van der Waals surface area contributed by atoms with E-state index >= 15 is 0 Å². The lowest BCUT2D eigenvalue weighted by Gasteiger charge is -2.34. The summed E-state index contributed by atoms with van der Waals surface area (Å²) < 4.78 is 0. The normalized spacial score (nSPS) is 13.0. The molecule has 0 radical (unpaired) electrons. The van der Waals surface area contributed by atoms with E-state index in [1.54, 1.807) is 56.0 Å². The van der Waals surface area contributed by atoms with Crippen molar-refractivity contribution in [2.24, 2.45) is 5.73 Å². The molecule has 3 aromatic carbocycles. The van der Waals surface area contributed by atoms with Crippen LogP contribution < -0.4 is 11.1 Å². The number of hydrogen-bond acceptors (Lipinski definition) is 6. The first-order valence-electron chi connectivity index (χ1n) is 15.8. The lowest BCUT2D eigenvalue weighted by atomic mass is 9.98. The molecule has 0 aliphatic heterocycles. The summed E-state index contributed by atoms with van der Waals surface area (Å²) in [5.74, 6) is -0.855. The van der Waals surface area contributed by atoms with Gasteiger partial charge >= 0.3 is 0 Å². The third-order valence-corrected chi connectivity index (χ3v) is 9.43. The molecule has 3 atom stereocenters. The first-order chi connectivity index (χ1) is 22.7. The molecule has 5 aromatic rings. The fourth-order valence-electron chi connectivity index (χ4n) is 5.69. The molecular weight excluding hydrogens is 607 g/mol. The molecule has 3 amide bonds. The first kappa shape index (κ1) is 33.5. The number of nitrogens with one attached hydrogen (secondary N) is 1. The summed E-state index contributed by atoms with van der Waals surface area (Å²) in [4.78, 5) is 50.3. The maximum atomic E-state index is 14.6. The van der Waals surface area contributed by atoms with E-state index in [1.807, 2.05) is 79.0 Å². The van der Waals surface area contributed by atoms with Crippen LogP contribution in [0.1, 0.15) is 44.9 Å². The molecule has 0 spiro atoms. The first-order valence-corrected chi connectivity index (χ1v) is 16.6. The molecule has 0 saturated heterocycles. The number of nitrogens with zero attached hydrogens (tertiary/aromatic N) is 3. The zero-order valence-electron chi connectivity index (χ0n) is 27.0. The minimum atomic E-state index is -0.872. The van der Waals surface area contributed by atoms with E-state index in [0.29, 0.717) is 24.9 Å². The van der Waals surface area contributed by atoms with Crippen molar-refractivity contribution in [2.75, 3.05) is 20.6 Å². The van der Waals surface area contributed by atoms with Gasteiger partial charge in [-0.05, 0) is 76.5 Å². The van der Waals surface area contributed by atoms with Crippen LogP contribution in [0.25, 0.3) is 10.8 Å². The van der Waals surface area contributed by atoms with Crippen molar-refractivity contribution in [3.05, 3.63) is 136 Å². The van der Waals surface area contributed by atoms with Gasteiger partial charge in [-0.15, -0.1) is 11.3 Å². The molecule has 9 heteroatoms. The van der Waals surface area contributed by atoms with Gasteiger partial charge in [0.25, 0.3) is 5.91 Å². The number of nitrogens with two attached hydrogens (primary N) is 1. The van der Waals surface area contributed by atoms with Crippen molar-refractivity contribution in [3.63, 3.8) is 0 Å². The van der Waals surface area contributed by atoms with Crippen molar-refractivity contribution < 1.29 is 14.4 Å². The Labute approximate surface area is 280 Å². The molecule has 5 rings (SSSR count). The van der Waals surface area contributed by atoms with Gasteiger partial charge in [0.05, 0.1) is 0 Å². The summed E-state index contributed by atoms with van der Waals surface area (Å²) >= 11 is 1.54. The lowest BCUT2D eigenvalue weighted by Crippen LogP contribution is -2.56. The van der Waals surface area contributed by atoms with Crippen LogP contribution in [0, 0.1) is 0 Å². The molecule has 2 heterocycles. The van der Waals surface area contributed by atoms with Crippen LogP contribution in [-0.2, 0) is 28.9 Å². The van der Waals surface area contributed by atoms with Crippen molar-refractivity contribution in [1.82, 2.24) is 20.1 Å². The fraction of sp³-hybridized carbons (Fsp3) is 0.263. The van der Waals surface area contributed by atoms with Gasteiger partial charge in [-0.3, -0.25) is 19.4 Å². The third kappa shape index (κ3) is 8.49. The summed E-state index contributed by atoms with van der Waals surface area (Å²) in [5.41, 5.74) is 9.37. The molecule has 0 aliphatic carbocycles. The maximum Gasteiger partial charge on any atom is 0.254 e. The highest BCUT2D eigenvalue weighted by Crippen LogP contribution is 2.22. The molecule has 0 saturated carbocycles. The summed E-state index contributed by atoms with van der Waals surface area (Å²) in [5, 5.41) is 7.14. The summed E-state index contributed by atoms with van der Waals surface area (Å²) in [7, 11) is 3.31. The van der Waals surface area contributed by atoms with Crippen LogP contribution in [0.15, 0.2) is 109 Å². The third-order valence-electron chi connectivity index (χ3n) is 8.53. The average Bonchev–Trinajstić information content (AvgIpc) is 3.62. The number of rotatable bonds is 13. The molecule has 0 fully saturated rings. The van der Waals surface area contributed by atoms with Crippen molar-refractivity contribution in [2.45, 2.75) is 44.3 Å². The number of likely N-dealkylation sites (N-methyl/N-ethyl adjacent to an activating group) is 2. The Bertz CT molecular complexity index is 1810. The van der Waals surface area contributed by atoms with Gasteiger partial charge in [-0.1, -0.05) is 60.7 Å². The lowest BCUT2D eigenvalue weighted by molar-refractivity contribution is -0.142.